The van der Waals surface area contributed by atoms with Crippen LogP contribution in [0.15, 0.2) is 24.3 Å². The van der Waals surface area contributed by atoms with Gasteiger partial charge in [-0.05, 0) is 24.0 Å². The smallest absolute Gasteiger partial charge is 0.0441 e. The first-order chi connectivity index (χ1) is 6.66. The number of alkyl halides is 1. The Labute approximate surface area is 96.2 Å². The van der Waals surface area contributed by atoms with E-state index < -0.39 is 0 Å². The summed E-state index contributed by atoms with van der Waals surface area (Å²) in [4.78, 5) is 0. The molecule has 0 heterocycles. The van der Waals surface area contributed by atoms with E-state index in [0.29, 0.717) is 5.92 Å². The second-order valence-electron chi connectivity index (χ2n) is 3.61. The molecule has 0 bridgehead atoms. The van der Waals surface area contributed by atoms with Crippen molar-refractivity contribution in [2.45, 2.75) is 38.0 Å². The van der Waals surface area contributed by atoms with Gasteiger partial charge in [0, 0.05) is 10.4 Å². The van der Waals surface area contributed by atoms with Crippen LogP contribution in [0, 0.1) is 0 Å². The van der Waals surface area contributed by atoms with Crippen LogP contribution >= 0.6 is 23.2 Å². The molecule has 0 aliphatic heterocycles. The van der Waals surface area contributed by atoms with Gasteiger partial charge < -0.3 is 0 Å². The highest BCUT2D eigenvalue weighted by molar-refractivity contribution is 6.31. The lowest BCUT2D eigenvalue weighted by molar-refractivity contribution is 0.634. The zero-order chi connectivity index (χ0) is 10.6. The van der Waals surface area contributed by atoms with E-state index in [2.05, 4.69) is 19.9 Å². The molecule has 78 valence electrons. The molecule has 2 atom stereocenters. The van der Waals surface area contributed by atoms with E-state index in [4.69, 9.17) is 23.2 Å². The van der Waals surface area contributed by atoms with E-state index in [9.17, 15) is 0 Å². The predicted octanol–water partition coefficient (Wildman–Crippen LogP) is 4.85. The molecule has 1 aromatic carbocycles. The van der Waals surface area contributed by atoms with Crippen LogP contribution in [0.2, 0.25) is 5.02 Å². The Kier molecular flexibility index (Phi) is 4.77. The summed E-state index contributed by atoms with van der Waals surface area (Å²) in [6.07, 6.45) is 2.15. The summed E-state index contributed by atoms with van der Waals surface area (Å²) < 4.78 is 0. The quantitative estimate of drug-likeness (QED) is 0.649. The van der Waals surface area contributed by atoms with Crippen LogP contribution in [-0.2, 0) is 0 Å². The van der Waals surface area contributed by atoms with E-state index in [0.717, 1.165) is 23.4 Å². The lowest BCUT2D eigenvalue weighted by atomic mass is 9.95. The average molecular weight is 231 g/mol. The molecule has 2 unspecified atom stereocenters. The van der Waals surface area contributed by atoms with Crippen molar-refractivity contribution in [1.82, 2.24) is 0 Å². The third kappa shape index (κ3) is 2.90. The molecule has 0 aliphatic rings. The van der Waals surface area contributed by atoms with E-state index in [-0.39, 0.29) is 5.38 Å². The summed E-state index contributed by atoms with van der Waals surface area (Å²) in [5, 5.41) is 1.00. The Morgan fingerprint density at radius 2 is 1.93 bits per heavy atom. The average Bonchev–Trinajstić information content (AvgIpc) is 2.18. The van der Waals surface area contributed by atoms with Gasteiger partial charge in [0.15, 0.2) is 0 Å². The molecule has 0 spiro atoms. The molecule has 0 saturated carbocycles. The fourth-order valence-corrected chi connectivity index (χ4v) is 2.23. The monoisotopic (exact) mass is 230 g/mol. The van der Waals surface area contributed by atoms with Crippen LogP contribution in [0.3, 0.4) is 0 Å². The standard InChI is InChI=1S/C12H16Cl2/c1-3-6-11(13)9(2)10-7-4-5-8-12(10)14/h4-5,7-9,11H,3,6H2,1-2H3. The van der Waals surface area contributed by atoms with Gasteiger partial charge in [-0.1, -0.05) is 50.1 Å². The van der Waals surface area contributed by atoms with Crippen LogP contribution < -0.4 is 0 Å². The Balaban J connectivity index is 2.78. The SMILES string of the molecule is CCCC(Cl)C(C)c1ccccc1Cl. The molecular weight excluding hydrogens is 215 g/mol. The molecule has 1 aromatic rings. The molecule has 0 radical (unpaired) electrons. The van der Waals surface area contributed by atoms with Gasteiger partial charge in [0.1, 0.15) is 0 Å². The van der Waals surface area contributed by atoms with Crippen molar-refractivity contribution in [3.05, 3.63) is 34.9 Å². The van der Waals surface area contributed by atoms with Gasteiger partial charge in [-0.3, -0.25) is 0 Å². The van der Waals surface area contributed by atoms with Crippen LogP contribution in [0.4, 0.5) is 0 Å². The lowest BCUT2D eigenvalue weighted by Gasteiger charge is -2.18. The molecule has 0 aliphatic carbocycles. The Hall–Kier alpha value is -0.200. The van der Waals surface area contributed by atoms with Gasteiger partial charge in [0.25, 0.3) is 0 Å². The number of hydrogen-bond donors (Lipinski definition) is 0. The number of rotatable bonds is 4. The van der Waals surface area contributed by atoms with Gasteiger partial charge in [-0.15, -0.1) is 11.6 Å². The molecule has 0 amide bonds. The zero-order valence-electron chi connectivity index (χ0n) is 8.63. The van der Waals surface area contributed by atoms with Gasteiger partial charge in [0.05, 0.1) is 0 Å². The summed E-state index contributed by atoms with van der Waals surface area (Å²) in [5.74, 6) is 0.324. The molecule has 1 rings (SSSR count). The zero-order valence-corrected chi connectivity index (χ0v) is 10.1. The van der Waals surface area contributed by atoms with E-state index in [1.54, 1.807) is 0 Å². The maximum atomic E-state index is 6.28. The highest BCUT2D eigenvalue weighted by Crippen LogP contribution is 2.31. The van der Waals surface area contributed by atoms with Crippen molar-refractivity contribution in [1.29, 1.82) is 0 Å². The number of halogens is 2. The molecule has 0 N–H and O–H groups in total. The Morgan fingerprint density at radius 1 is 1.29 bits per heavy atom. The Morgan fingerprint density at radius 3 is 2.50 bits per heavy atom. The minimum atomic E-state index is 0.180. The molecule has 14 heavy (non-hydrogen) atoms. The van der Waals surface area contributed by atoms with Gasteiger partial charge in [0.2, 0.25) is 0 Å². The minimum Gasteiger partial charge on any atom is -0.122 e. The first-order valence-electron chi connectivity index (χ1n) is 5.05. The largest absolute Gasteiger partial charge is 0.122 e. The normalized spacial score (nSPS) is 15.1. The van der Waals surface area contributed by atoms with Gasteiger partial charge in [-0.25, -0.2) is 0 Å². The highest BCUT2D eigenvalue weighted by atomic mass is 35.5. The summed E-state index contributed by atoms with van der Waals surface area (Å²) >= 11 is 12.4. The van der Waals surface area contributed by atoms with Gasteiger partial charge >= 0.3 is 0 Å². The van der Waals surface area contributed by atoms with E-state index in [1.165, 1.54) is 0 Å². The molecular formula is C12H16Cl2. The predicted molar refractivity (Wildman–Crippen MR) is 64.4 cm³/mol. The number of benzene rings is 1. The van der Waals surface area contributed by atoms with E-state index in [1.807, 2.05) is 18.2 Å². The fourth-order valence-electron chi connectivity index (χ4n) is 1.56. The van der Waals surface area contributed by atoms with Crippen LogP contribution in [-0.4, -0.2) is 5.38 Å². The van der Waals surface area contributed by atoms with Crippen molar-refractivity contribution in [3.63, 3.8) is 0 Å². The molecule has 0 nitrogen and oxygen atoms in total. The number of hydrogen-bond acceptors (Lipinski definition) is 0. The van der Waals surface area contributed by atoms with Crippen LogP contribution in [0.25, 0.3) is 0 Å². The molecule has 0 saturated heterocycles. The van der Waals surface area contributed by atoms with Crippen molar-refractivity contribution < 1.29 is 0 Å². The Bertz CT molecular complexity index is 283. The van der Waals surface area contributed by atoms with Crippen molar-refractivity contribution in [2.24, 2.45) is 0 Å². The first kappa shape index (κ1) is 11.9. The fraction of sp³-hybridized carbons (Fsp3) is 0.500. The topological polar surface area (TPSA) is 0 Å². The summed E-state index contributed by atoms with van der Waals surface area (Å²) in [6.45, 7) is 4.28. The van der Waals surface area contributed by atoms with Crippen LogP contribution in [0.5, 0.6) is 0 Å². The third-order valence-electron chi connectivity index (χ3n) is 2.50. The maximum absolute atomic E-state index is 6.28. The van der Waals surface area contributed by atoms with Crippen molar-refractivity contribution >= 4 is 23.2 Å². The third-order valence-corrected chi connectivity index (χ3v) is 3.44. The minimum absolute atomic E-state index is 0.180. The van der Waals surface area contributed by atoms with Gasteiger partial charge in [-0.2, -0.15) is 0 Å². The molecule has 2 heteroatoms. The van der Waals surface area contributed by atoms with Crippen molar-refractivity contribution in [2.75, 3.05) is 0 Å². The summed E-state index contributed by atoms with van der Waals surface area (Å²) in [6, 6.07) is 7.93. The second kappa shape index (κ2) is 5.63. The summed E-state index contributed by atoms with van der Waals surface area (Å²) in [7, 11) is 0. The second-order valence-corrected chi connectivity index (χ2v) is 4.58. The first-order valence-corrected chi connectivity index (χ1v) is 5.86. The highest BCUT2D eigenvalue weighted by Gasteiger charge is 2.17. The maximum Gasteiger partial charge on any atom is 0.0441 e. The molecule has 0 aromatic heterocycles. The van der Waals surface area contributed by atoms with Crippen molar-refractivity contribution in [3.8, 4) is 0 Å². The molecule has 0 fully saturated rings. The van der Waals surface area contributed by atoms with E-state index >= 15 is 0 Å². The lowest BCUT2D eigenvalue weighted by Crippen LogP contribution is -2.09. The summed E-state index contributed by atoms with van der Waals surface area (Å²) in [5.41, 5.74) is 1.16. The van der Waals surface area contributed by atoms with Crippen LogP contribution in [0.1, 0.15) is 38.2 Å².